The molecule has 2 aliphatic heterocycles. The van der Waals surface area contributed by atoms with E-state index in [1.807, 2.05) is 0 Å². The first-order valence-electron chi connectivity index (χ1n) is 9.29. The van der Waals surface area contributed by atoms with E-state index in [4.69, 9.17) is 14.2 Å². The average Bonchev–Trinajstić information content (AvgIpc) is 3.36. The van der Waals surface area contributed by atoms with E-state index in [-0.39, 0.29) is 23.5 Å². The van der Waals surface area contributed by atoms with Crippen molar-refractivity contribution in [3.05, 3.63) is 17.5 Å². The fourth-order valence-electron chi connectivity index (χ4n) is 3.93. The van der Waals surface area contributed by atoms with Gasteiger partial charge in [-0.25, -0.2) is 17.9 Å². The summed E-state index contributed by atoms with van der Waals surface area (Å²) in [7, 11) is -3.61. The number of fused-ring (bicyclic) bond motifs is 1. The van der Waals surface area contributed by atoms with Gasteiger partial charge in [-0.3, -0.25) is 0 Å². The van der Waals surface area contributed by atoms with Gasteiger partial charge in [0.15, 0.2) is 6.10 Å². The molecule has 10 heteroatoms. The molecular weight excluding hydrogens is 392 g/mol. The van der Waals surface area contributed by atoms with Crippen molar-refractivity contribution in [3.8, 4) is 0 Å². The minimum Gasteiger partial charge on any atom is -0.441 e. The lowest BCUT2D eigenvalue weighted by Gasteiger charge is -2.24. The van der Waals surface area contributed by atoms with Crippen LogP contribution >= 0.6 is 11.3 Å². The van der Waals surface area contributed by atoms with Crippen molar-refractivity contribution in [2.75, 3.05) is 13.2 Å². The van der Waals surface area contributed by atoms with Crippen molar-refractivity contribution in [2.45, 2.75) is 66.7 Å². The molecule has 0 spiro atoms. The Bertz CT molecular complexity index is 747. The minimum absolute atomic E-state index is 0.166. The van der Waals surface area contributed by atoms with E-state index in [2.05, 4.69) is 10.0 Å². The number of alkyl carbamates (subject to hydrolysis) is 1. The molecule has 3 aliphatic rings. The van der Waals surface area contributed by atoms with Crippen molar-refractivity contribution in [1.29, 1.82) is 0 Å². The van der Waals surface area contributed by atoms with E-state index >= 15 is 0 Å². The first-order chi connectivity index (χ1) is 13.0. The number of nitrogens with one attached hydrogen (secondary N) is 2. The van der Waals surface area contributed by atoms with Gasteiger partial charge in [-0.05, 0) is 24.3 Å². The maximum absolute atomic E-state index is 12.4. The quantitative estimate of drug-likeness (QED) is 0.756. The van der Waals surface area contributed by atoms with Gasteiger partial charge in [-0.1, -0.05) is 25.3 Å². The predicted octanol–water partition coefficient (Wildman–Crippen LogP) is 1.62. The van der Waals surface area contributed by atoms with Gasteiger partial charge in [0.1, 0.15) is 16.4 Å². The minimum atomic E-state index is -3.61. The SMILES string of the molecule is O=C(NC1CCCCC1)O[C@@H]1CO[C@H]2[C@@H]1OC[C@@H]2NS(=O)(=O)c1cccs1. The summed E-state index contributed by atoms with van der Waals surface area (Å²) in [5, 5.41) is 4.62. The van der Waals surface area contributed by atoms with E-state index in [0.717, 1.165) is 37.0 Å². The highest BCUT2D eigenvalue weighted by atomic mass is 32.2. The van der Waals surface area contributed by atoms with Crippen LogP contribution in [0.2, 0.25) is 0 Å². The van der Waals surface area contributed by atoms with Crippen molar-refractivity contribution in [1.82, 2.24) is 10.0 Å². The molecule has 1 aromatic rings. The lowest BCUT2D eigenvalue weighted by Crippen LogP contribution is -2.44. The zero-order valence-electron chi connectivity index (χ0n) is 14.8. The Morgan fingerprint density at radius 3 is 2.67 bits per heavy atom. The molecule has 1 amide bonds. The second-order valence-corrected chi connectivity index (χ2v) is 10.1. The fourth-order valence-corrected chi connectivity index (χ4v) is 6.17. The topological polar surface area (TPSA) is 103 Å². The molecule has 1 saturated carbocycles. The molecule has 1 aromatic heterocycles. The summed E-state index contributed by atoms with van der Waals surface area (Å²) in [5.41, 5.74) is 0. The molecule has 4 rings (SSSR count). The van der Waals surface area contributed by atoms with E-state index in [1.165, 1.54) is 6.42 Å². The summed E-state index contributed by atoms with van der Waals surface area (Å²) in [4.78, 5) is 12.2. The number of amides is 1. The van der Waals surface area contributed by atoms with Crippen LogP contribution in [0.25, 0.3) is 0 Å². The van der Waals surface area contributed by atoms with Crippen LogP contribution in [-0.2, 0) is 24.2 Å². The Labute approximate surface area is 162 Å². The first kappa shape index (κ1) is 19.1. The molecule has 1 aliphatic carbocycles. The van der Waals surface area contributed by atoms with Crippen LogP contribution in [0.15, 0.2) is 21.7 Å². The predicted molar refractivity (Wildman–Crippen MR) is 98.2 cm³/mol. The third kappa shape index (κ3) is 4.29. The van der Waals surface area contributed by atoms with E-state index in [0.29, 0.717) is 0 Å². The maximum atomic E-state index is 12.4. The molecular formula is C17H24N2O6S2. The molecule has 0 unspecified atom stereocenters. The molecule has 150 valence electrons. The van der Waals surface area contributed by atoms with Crippen LogP contribution in [0.4, 0.5) is 4.79 Å². The lowest BCUT2D eigenvalue weighted by molar-refractivity contribution is 0.00281. The molecule has 0 radical (unpaired) electrons. The highest BCUT2D eigenvalue weighted by Gasteiger charge is 2.50. The van der Waals surface area contributed by atoms with Crippen LogP contribution in [0.3, 0.4) is 0 Å². The lowest BCUT2D eigenvalue weighted by atomic mass is 9.96. The Hall–Kier alpha value is -1.20. The van der Waals surface area contributed by atoms with Gasteiger partial charge in [0.25, 0.3) is 0 Å². The molecule has 2 saturated heterocycles. The number of hydrogen-bond acceptors (Lipinski definition) is 7. The average molecular weight is 417 g/mol. The number of carbonyl (C=O) groups is 1. The highest BCUT2D eigenvalue weighted by Crippen LogP contribution is 2.30. The van der Waals surface area contributed by atoms with Crippen molar-refractivity contribution in [2.24, 2.45) is 0 Å². The Morgan fingerprint density at radius 1 is 1.15 bits per heavy atom. The monoisotopic (exact) mass is 416 g/mol. The maximum Gasteiger partial charge on any atom is 0.407 e. The van der Waals surface area contributed by atoms with Crippen molar-refractivity contribution >= 4 is 27.5 Å². The smallest absolute Gasteiger partial charge is 0.407 e. The second kappa shape index (κ2) is 8.04. The highest BCUT2D eigenvalue weighted by molar-refractivity contribution is 7.91. The number of sulfonamides is 1. The number of hydrogen-bond donors (Lipinski definition) is 2. The van der Waals surface area contributed by atoms with Gasteiger partial charge in [0, 0.05) is 6.04 Å². The molecule has 2 N–H and O–H groups in total. The molecule has 8 nitrogen and oxygen atoms in total. The van der Waals surface area contributed by atoms with E-state index in [1.54, 1.807) is 17.5 Å². The summed E-state index contributed by atoms with van der Waals surface area (Å²) in [6.45, 7) is 0.384. The zero-order chi connectivity index (χ0) is 18.9. The summed E-state index contributed by atoms with van der Waals surface area (Å²) in [6, 6.07) is 2.90. The second-order valence-electron chi connectivity index (χ2n) is 7.18. The third-order valence-electron chi connectivity index (χ3n) is 5.26. The molecule has 3 heterocycles. The standard InChI is InChI=1S/C17H24N2O6S2/c20-17(18-11-5-2-1-3-6-11)25-13-10-24-15-12(9-23-16(13)15)19-27(21,22)14-7-4-8-26-14/h4,7-8,11-13,15-16,19H,1-3,5-6,9-10H2,(H,18,20)/t12-,13+,15+,16+/m0/s1. The van der Waals surface area contributed by atoms with Gasteiger partial charge in [-0.2, -0.15) is 0 Å². The number of carbonyl (C=O) groups excluding carboxylic acids is 1. The van der Waals surface area contributed by atoms with Crippen LogP contribution in [0.1, 0.15) is 32.1 Å². The van der Waals surface area contributed by atoms with Gasteiger partial charge < -0.3 is 19.5 Å². The summed E-state index contributed by atoms with van der Waals surface area (Å²) >= 11 is 1.15. The number of rotatable bonds is 5. The van der Waals surface area contributed by atoms with Gasteiger partial charge >= 0.3 is 6.09 Å². The van der Waals surface area contributed by atoms with Crippen LogP contribution in [0, 0.1) is 0 Å². The van der Waals surface area contributed by atoms with Crippen LogP contribution in [-0.4, -0.2) is 58.1 Å². The van der Waals surface area contributed by atoms with Gasteiger partial charge in [-0.15, -0.1) is 11.3 Å². The van der Waals surface area contributed by atoms with E-state index in [9.17, 15) is 13.2 Å². The summed E-state index contributed by atoms with van der Waals surface area (Å²) in [6.07, 6.45) is 3.50. The van der Waals surface area contributed by atoms with Crippen molar-refractivity contribution in [3.63, 3.8) is 0 Å². The van der Waals surface area contributed by atoms with Gasteiger partial charge in [0.05, 0.1) is 19.3 Å². The number of thiophene rings is 1. The first-order valence-corrected chi connectivity index (χ1v) is 11.7. The molecule has 27 heavy (non-hydrogen) atoms. The Morgan fingerprint density at radius 2 is 1.93 bits per heavy atom. The molecule has 4 atom stereocenters. The zero-order valence-corrected chi connectivity index (χ0v) is 16.5. The Balaban J connectivity index is 1.31. The van der Waals surface area contributed by atoms with Crippen molar-refractivity contribution < 1.29 is 27.4 Å². The van der Waals surface area contributed by atoms with Gasteiger partial charge in [0.2, 0.25) is 10.0 Å². The van der Waals surface area contributed by atoms with Crippen LogP contribution in [0.5, 0.6) is 0 Å². The van der Waals surface area contributed by atoms with Crippen LogP contribution < -0.4 is 10.0 Å². The summed E-state index contributed by atoms with van der Waals surface area (Å²) < 4.78 is 44.6. The largest absolute Gasteiger partial charge is 0.441 e. The summed E-state index contributed by atoms with van der Waals surface area (Å²) in [5.74, 6) is 0. The Kier molecular flexibility index (Phi) is 5.70. The normalized spacial score (nSPS) is 31.6. The molecule has 0 aromatic carbocycles. The molecule has 0 bridgehead atoms. The third-order valence-corrected chi connectivity index (χ3v) is 8.15. The molecule has 3 fully saturated rings. The number of ether oxygens (including phenoxy) is 3. The van der Waals surface area contributed by atoms with E-state index < -0.39 is 40.5 Å². The fraction of sp³-hybridized carbons (Fsp3) is 0.706.